The predicted octanol–water partition coefficient (Wildman–Crippen LogP) is 13.8. The van der Waals surface area contributed by atoms with Crippen molar-refractivity contribution in [1.29, 1.82) is 0 Å². The Bertz CT molecular complexity index is 1790. The molecule has 4 aliphatic rings. The van der Waals surface area contributed by atoms with Crippen LogP contribution in [0.2, 0.25) is 0 Å². The van der Waals surface area contributed by atoms with Crippen LogP contribution in [0.3, 0.4) is 0 Å². The van der Waals surface area contributed by atoms with E-state index in [1.165, 1.54) is 30.4 Å². The normalized spacial score (nSPS) is 22.6. The zero-order chi connectivity index (χ0) is 57.6. The standard InChI is InChI=1S/C67H116N4O8/c1-60(2)42-56(43-61(3,4)68-60)76-32-22-28-72-52-36-50(37-53(40-52)73-29-23-33-77-57-44-62(5,6)69-63(7,8)45-57)26-20-18-17-19-21-27-51-38-54(74-30-24-34-78-58-46-64(9,10)70-65(11,12)47-58)41-55(39-51)75-31-25-35-79-59-48-66(13,14)71-67(15,16)49-59/h36-41,56-59,68-71H,17-35,42-49H2,1-16H3. The Kier molecular flexibility index (Phi) is 23.8. The van der Waals surface area contributed by atoms with Crippen LogP contribution in [0.25, 0.3) is 0 Å². The molecule has 6 rings (SSSR count). The van der Waals surface area contributed by atoms with Gasteiger partial charge in [-0.05, 0) is 223 Å². The number of nitrogens with one attached hydrogen (secondary N) is 4. The number of hydrogen-bond donors (Lipinski definition) is 4. The van der Waals surface area contributed by atoms with E-state index < -0.39 is 0 Å². The van der Waals surface area contributed by atoms with Crippen molar-refractivity contribution >= 4 is 0 Å². The highest BCUT2D eigenvalue weighted by Crippen LogP contribution is 2.35. The highest BCUT2D eigenvalue weighted by molar-refractivity contribution is 5.39. The van der Waals surface area contributed by atoms with Crippen molar-refractivity contribution in [3.05, 3.63) is 47.5 Å². The molecule has 4 heterocycles. The van der Waals surface area contributed by atoms with E-state index in [1.54, 1.807) is 0 Å². The first kappa shape index (κ1) is 65.5. The summed E-state index contributed by atoms with van der Waals surface area (Å²) >= 11 is 0. The Morgan fingerprint density at radius 3 is 0.696 bits per heavy atom. The van der Waals surface area contributed by atoms with E-state index >= 15 is 0 Å². The summed E-state index contributed by atoms with van der Waals surface area (Å²) in [5.41, 5.74) is 3.04. The molecule has 12 nitrogen and oxygen atoms in total. The SMILES string of the molecule is CC1(C)CC(OCCCOc2cc(CCCCCCCc3cc(OCCCOC4CC(C)(C)NC(C)(C)C4)cc(OCCCOC4CC(C)(C)NC(C)(C)C4)c3)cc(OCCCOC3CC(C)(C)NC(C)(C)C3)c2)CC(C)(C)N1. The van der Waals surface area contributed by atoms with Crippen LogP contribution >= 0.6 is 0 Å². The first-order valence-electron chi connectivity index (χ1n) is 31.3. The zero-order valence-electron chi connectivity index (χ0n) is 53.1. The van der Waals surface area contributed by atoms with Gasteiger partial charge in [0.15, 0.2) is 0 Å². The molecule has 4 N–H and O–H groups in total. The molecule has 0 atom stereocenters. The van der Waals surface area contributed by atoms with Gasteiger partial charge >= 0.3 is 0 Å². The van der Waals surface area contributed by atoms with E-state index in [2.05, 4.69) is 168 Å². The van der Waals surface area contributed by atoms with Crippen molar-refractivity contribution < 1.29 is 37.9 Å². The van der Waals surface area contributed by atoms with Crippen molar-refractivity contribution in [1.82, 2.24) is 21.3 Å². The molecular weight excluding hydrogens is 989 g/mol. The minimum Gasteiger partial charge on any atom is -0.493 e. The molecule has 79 heavy (non-hydrogen) atoms. The molecule has 4 saturated heterocycles. The zero-order valence-corrected chi connectivity index (χ0v) is 53.1. The van der Waals surface area contributed by atoms with Crippen LogP contribution < -0.4 is 40.2 Å². The summed E-state index contributed by atoms with van der Waals surface area (Å²) in [4.78, 5) is 0. The molecule has 0 amide bonds. The third-order valence-electron chi connectivity index (χ3n) is 16.1. The van der Waals surface area contributed by atoms with Crippen molar-refractivity contribution in [2.75, 3.05) is 52.9 Å². The van der Waals surface area contributed by atoms with Crippen LogP contribution in [0.1, 0.15) is 231 Å². The quantitative estimate of drug-likeness (QED) is 0.0522. The van der Waals surface area contributed by atoms with E-state index in [4.69, 9.17) is 37.9 Å². The lowest BCUT2D eigenvalue weighted by atomic mass is 9.81. The summed E-state index contributed by atoms with van der Waals surface area (Å²) in [5.74, 6) is 3.50. The van der Waals surface area contributed by atoms with Gasteiger partial charge in [-0.25, -0.2) is 0 Å². The van der Waals surface area contributed by atoms with Crippen molar-refractivity contribution in [2.24, 2.45) is 0 Å². The fourth-order valence-electron chi connectivity index (χ4n) is 14.5. The van der Waals surface area contributed by atoms with Gasteiger partial charge in [0.05, 0.1) is 77.3 Å². The molecule has 0 aromatic heterocycles. The maximum absolute atomic E-state index is 6.42. The molecule has 0 unspecified atom stereocenters. The van der Waals surface area contributed by atoms with Crippen LogP contribution in [-0.4, -0.2) is 122 Å². The lowest BCUT2D eigenvalue weighted by Crippen LogP contribution is -2.59. The summed E-state index contributed by atoms with van der Waals surface area (Å²) in [6.45, 7) is 41.6. The van der Waals surface area contributed by atoms with Gasteiger partial charge in [-0.15, -0.1) is 0 Å². The van der Waals surface area contributed by atoms with Crippen LogP contribution in [0, 0.1) is 0 Å². The Morgan fingerprint density at radius 2 is 0.481 bits per heavy atom. The third kappa shape index (κ3) is 25.0. The summed E-state index contributed by atoms with van der Waals surface area (Å²) in [6.07, 6.45) is 20.2. The molecular formula is C67H116N4O8. The summed E-state index contributed by atoms with van der Waals surface area (Å²) in [7, 11) is 0. The van der Waals surface area contributed by atoms with E-state index in [0.717, 1.165) is 126 Å². The van der Waals surface area contributed by atoms with Crippen LogP contribution in [0.4, 0.5) is 0 Å². The number of unbranched alkanes of at least 4 members (excludes halogenated alkanes) is 4. The van der Waals surface area contributed by atoms with E-state index in [9.17, 15) is 0 Å². The Balaban J connectivity index is 0.967. The number of aryl methyl sites for hydroxylation is 2. The molecule has 4 fully saturated rings. The second-order valence-corrected chi connectivity index (χ2v) is 29.9. The maximum Gasteiger partial charge on any atom is 0.123 e. The van der Waals surface area contributed by atoms with Gasteiger partial charge in [0.2, 0.25) is 0 Å². The Hall–Kier alpha value is -2.68. The molecule has 2 aromatic carbocycles. The molecule has 2 aromatic rings. The van der Waals surface area contributed by atoms with E-state index in [-0.39, 0.29) is 68.7 Å². The topological polar surface area (TPSA) is 122 Å². The highest BCUT2D eigenvalue weighted by atomic mass is 16.5. The highest BCUT2D eigenvalue weighted by Gasteiger charge is 2.41. The second-order valence-electron chi connectivity index (χ2n) is 29.9. The van der Waals surface area contributed by atoms with Gasteiger partial charge in [-0.2, -0.15) is 0 Å². The minimum atomic E-state index is 0.0645. The maximum atomic E-state index is 6.42. The van der Waals surface area contributed by atoms with Gasteiger partial charge in [0.1, 0.15) is 23.0 Å². The summed E-state index contributed by atoms with van der Waals surface area (Å²) in [5, 5.41) is 15.1. The first-order valence-corrected chi connectivity index (χ1v) is 31.3. The minimum absolute atomic E-state index is 0.0645. The number of hydrogen-bond acceptors (Lipinski definition) is 12. The molecule has 0 spiro atoms. The molecule has 452 valence electrons. The van der Waals surface area contributed by atoms with Crippen LogP contribution in [-0.2, 0) is 31.8 Å². The van der Waals surface area contributed by atoms with E-state index in [1.807, 2.05) is 0 Å². The summed E-state index contributed by atoms with van der Waals surface area (Å²) in [6, 6.07) is 13.0. The molecule has 0 bridgehead atoms. The fraction of sp³-hybridized carbons (Fsp3) is 0.821. The molecule has 0 saturated carbocycles. The van der Waals surface area contributed by atoms with Gasteiger partial charge in [-0.1, -0.05) is 19.3 Å². The van der Waals surface area contributed by atoms with Crippen molar-refractivity contribution in [3.63, 3.8) is 0 Å². The van der Waals surface area contributed by atoms with Crippen LogP contribution in [0.15, 0.2) is 36.4 Å². The number of rotatable bonds is 32. The number of benzene rings is 2. The summed E-state index contributed by atoms with van der Waals surface area (Å²) < 4.78 is 51.4. The second kappa shape index (κ2) is 28.7. The Morgan fingerprint density at radius 1 is 0.278 bits per heavy atom. The monoisotopic (exact) mass is 1100 g/mol. The fourth-order valence-corrected chi connectivity index (χ4v) is 14.5. The molecule has 4 aliphatic heterocycles. The number of piperidine rings is 4. The largest absolute Gasteiger partial charge is 0.493 e. The average Bonchev–Trinajstić information content (AvgIpc) is 3.28. The number of ether oxygens (including phenoxy) is 8. The van der Waals surface area contributed by atoms with Gasteiger partial charge in [0.25, 0.3) is 0 Å². The van der Waals surface area contributed by atoms with Crippen molar-refractivity contribution in [3.8, 4) is 23.0 Å². The Labute approximate surface area is 482 Å². The lowest BCUT2D eigenvalue weighted by Gasteiger charge is -2.46. The third-order valence-corrected chi connectivity index (χ3v) is 16.1. The van der Waals surface area contributed by atoms with Crippen molar-refractivity contribution in [2.45, 2.75) is 302 Å². The molecule has 0 aliphatic carbocycles. The molecule has 12 heteroatoms. The first-order chi connectivity index (χ1) is 36.9. The van der Waals surface area contributed by atoms with Gasteiger partial charge < -0.3 is 59.2 Å². The predicted molar refractivity (Wildman–Crippen MR) is 325 cm³/mol. The smallest absolute Gasteiger partial charge is 0.123 e. The van der Waals surface area contributed by atoms with Gasteiger partial charge in [-0.3, -0.25) is 0 Å². The average molecular weight is 1110 g/mol. The lowest BCUT2D eigenvalue weighted by molar-refractivity contribution is -0.0253. The van der Waals surface area contributed by atoms with E-state index in [0.29, 0.717) is 52.9 Å². The molecule has 0 radical (unpaired) electrons. The van der Waals surface area contributed by atoms with Crippen LogP contribution in [0.5, 0.6) is 23.0 Å². The van der Waals surface area contributed by atoms with Gasteiger partial charge in [0, 0.05) is 82.1 Å².